The number of hydrogen-bond donors (Lipinski definition) is 1. The summed E-state index contributed by atoms with van der Waals surface area (Å²) in [5.74, 6) is 0. The molecular formula is C13H15Cl2N. The summed E-state index contributed by atoms with van der Waals surface area (Å²) in [4.78, 5) is 0. The number of benzene rings is 2. The first-order valence-corrected chi connectivity index (χ1v) is 4.74. The van der Waals surface area contributed by atoms with Gasteiger partial charge in [0.2, 0.25) is 0 Å². The highest BCUT2D eigenvalue weighted by molar-refractivity contribution is 5.85. The molecule has 2 rings (SSSR count). The number of nitrogens with two attached hydrogens (primary N) is 1. The lowest BCUT2D eigenvalue weighted by atomic mass is 10.0. The standard InChI is InChI=1S/C13H13N.2ClH/c14-10-11-6-8-13(9-7-11)12-4-2-1-3-5-12;;/h1-9H,10,14H2;2*1H. The third-order valence-corrected chi connectivity index (χ3v) is 2.30. The average Bonchev–Trinajstić information content (AvgIpc) is 2.30. The molecule has 1 nitrogen and oxygen atoms in total. The van der Waals surface area contributed by atoms with Crippen LogP contribution in [0.15, 0.2) is 54.6 Å². The van der Waals surface area contributed by atoms with Gasteiger partial charge in [-0.1, -0.05) is 54.6 Å². The van der Waals surface area contributed by atoms with E-state index in [1.165, 1.54) is 16.7 Å². The molecule has 86 valence electrons. The lowest BCUT2D eigenvalue weighted by Gasteiger charge is -2.02. The first-order valence-electron chi connectivity index (χ1n) is 4.74. The van der Waals surface area contributed by atoms with Crippen LogP contribution in [0.4, 0.5) is 0 Å². The second kappa shape index (κ2) is 7.29. The minimum Gasteiger partial charge on any atom is -0.326 e. The highest BCUT2D eigenvalue weighted by Crippen LogP contribution is 2.18. The maximum absolute atomic E-state index is 5.54. The van der Waals surface area contributed by atoms with Gasteiger partial charge < -0.3 is 5.73 Å². The average molecular weight is 256 g/mol. The quantitative estimate of drug-likeness (QED) is 0.871. The van der Waals surface area contributed by atoms with Crippen LogP contribution in [0.25, 0.3) is 11.1 Å². The molecule has 16 heavy (non-hydrogen) atoms. The van der Waals surface area contributed by atoms with Crippen molar-refractivity contribution in [3.8, 4) is 11.1 Å². The van der Waals surface area contributed by atoms with E-state index in [9.17, 15) is 0 Å². The van der Waals surface area contributed by atoms with E-state index in [0.717, 1.165) is 0 Å². The van der Waals surface area contributed by atoms with Gasteiger partial charge in [0.1, 0.15) is 0 Å². The Morgan fingerprint density at radius 1 is 0.688 bits per heavy atom. The highest BCUT2D eigenvalue weighted by atomic mass is 35.5. The summed E-state index contributed by atoms with van der Waals surface area (Å²) < 4.78 is 0. The Kier molecular flexibility index (Phi) is 6.82. The lowest BCUT2D eigenvalue weighted by molar-refractivity contribution is 1.07. The molecule has 0 fully saturated rings. The van der Waals surface area contributed by atoms with Crippen LogP contribution >= 0.6 is 24.8 Å². The molecule has 0 aliphatic heterocycles. The largest absolute Gasteiger partial charge is 0.326 e. The molecule has 0 atom stereocenters. The molecular weight excluding hydrogens is 241 g/mol. The summed E-state index contributed by atoms with van der Waals surface area (Å²) in [6, 6.07) is 18.7. The number of hydrogen-bond acceptors (Lipinski definition) is 1. The molecule has 2 N–H and O–H groups in total. The van der Waals surface area contributed by atoms with Crippen molar-refractivity contribution in [2.24, 2.45) is 5.73 Å². The number of rotatable bonds is 2. The second-order valence-corrected chi connectivity index (χ2v) is 3.27. The molecule has 0 saturated carbocycles. The van der Waals surface area contributed by atoms with Crippen LogP contribution < -0.4 is 5.73 Å². The molecule has 0 radical (unpaired) electrons. The van der Waals surface area contributed by atoms with Gasteiger partial charge in [-0.05, 0) is 16.7 Å². The van der Waals surface area contributed by atoms with Crippen molar-refractivity contribution < 1.29 is 0 Å². The Morgan fingerprint density at radius 2 is 1.19 bits per heavy atom. The zero-order valence-corrected chi connectivity index (χ0v) is 10.4. The minimum absolute atomic E-state index is 0. The molecule has 0 heterocycles. The van der Waals surface area contributed by atoms with Gasteiger partial charge in [-0.15, -0.1) is 24.8 Å². The smallest absolute Gasteiger partial charge is 0.0178 e. The van der Waals surface area contributed by atoms with Crippen molar-refractivity contribution in [3.63, 3.8) is 0 Å². The van der Waals surface area contributed by atoms with E-state index in [1.54, 1.807) is 0 Å². The zero-order chi connectivity index (χ0) is 9.80. The van der Waals surface area contributed by atoms with Crippen LogP contribution in [0, 0.1) is 0 Å². The molecule has 0 aliphatic rings. The Balaban J connectivity index is 0.00000112. The van der Waals surface area contributed by atoms with Crippen LogP contribution in [-0.2, 0) is 6.54 Å². The molecule has 2 aromatic carbocycles. The van der Waals surface area contributed by atoms with Crippen molar-refractivity contribution in [2.45, 2.75) is 6.54 Å². The van der Waals surface area contributed by atoms with E-state index in [2.05, 4.69) is 36.4 Å². The Labute approximate surface area is 108 Å². The second-order valence-electron chi connectivity index (χ2n) is 3.27. The van der Waals surface area contributed by atoms with Crippen molar-refractivity contribution >= 4 is 24.8 Å². The Bertz CT molecular complexity index is 398. The Hall–Kier alpha value is -1.02. The summed E-state index contributed by atoms with van der Waals surface area (Å²) in [7, 11) is 0. The van der Waals surface area contributed by atoms with E-state index in [0.29, 0.717) is 6.54 Å². The fourth-order valence-corrected chi connectivity index (χ4v) is 1.46. The summed E-state index contributed by atoms with van der Waals surface area (Å²) in [6.45, 7) is 0.606. The third kappa shape index (κ3) is 3.53. The molecule has 0 aromatic heterocycles. The normalized spacial score (nSPS) is 8.81. The molecule has 2 aromatic rings. The summed E-state index contributed by atoms with van der Waals surface area (Å²) >= 11 is 0. The van der Waals surface area contributed by atoms with Crippen molar-refractivity contribution in [3.05, 3.63) is 60.2 Å². The van der Waals surface area contributed by atoms with Crippen molar-refractivity contribution in [2.75, 3.05) is 0 Å². The molecule has 0 spiro atoms. The van der Waals surface area contributed by atoms with Crippen LogP contribution in [0.5, 0.6) is 0 Å². The van der Waals surface area contributed by atoms with E-state index < -0.39 is 0 Å². The molecule has 0 saturated heterocycles. The summed E-state index contributed by atoms with van der Waals surface area (Å²) in [6.07, 6.45) is 0. The van der Waals surface area contributed by atoms with Gasteiger partial charge in [0.15, 0.2) is 0 Å². The van der Waals surface area contributed by atoms with E-state index in [1.807, 2.05) is 18.2 Å². The number of halogens is 2. The van der Waals surface area contributed by atoms with Gasteiger partial charge in [0, 0.05) is 6.54 Å². The van der Waals surface area contributed by atoms with Gasteiger partial charge in [-0.2, -0.15) is 0 Å². The fraction of sp³-hybridized carbons (Fsp3) is 0.0769. The molecule has 0 unspecified atom stereocenters. The summed E-state index contributed by atoms with van der Waals surface area (Å²) in [5.41, 5.74) is 9.19. The first-order chi connectivity index (χ1) is 6.90. The molecule has 3 heteroatoms. The fourth-order valence-electron chi connectivity index (χ4n) is 1.46. The monoisotopic (exact) mass is 255 g/mol. The SMILES string of the molecule is Cl.Cl.NCc1ccc(-c2ccccc2)cc1. The summed E-state index contributed by atoms with van der Waals surface area (Å²) in [5, 5.41) is 0. The maximum Gasteiger partial charge on any atom is 0.0178 e. The van der Waals surface area contributed by atoms with Crippen LogP contribution in [0.1, 0.15) is 5.56 Å². The zero-order valence-electron chi connectivity index (χ0n) is 8.80. The van der Waals surface area contributed by atoms with Gasteiger partial charge in [0.25, 0.3) is 0 Å². The topological polar surface area (TPSA) is 26.0 Å². The Morgan fingerprint density at radius 3 is 1.69 bits per heavy atom. The van der Waals surface area contributed by atoms with Crippen molar-refractivity contribution in [1.82, 2.24) is 0 Å². The van der Waals surface area contributed by atoms with Gasteiger partial charge in [0.05, 0.1) is 0 Å². The maximum atomic E-state index is 5.54. The van der Waals surface area contributed by atoms with E-state index in [4.69, 9.17) is 5.73 Å². The predicted octanol–water partition coefficient (Wildman–Crippen LogP) is 3.66. The molecule has 0 aliphatic carbocycles. The molecule has 0 amide bonds. The van der Waals surface area contributed by atoms with Crippen molar-refractivity contribution in [1.29, 1.82) is 0 Å². The van der Waals surface area contributed by atoms with E-state index in [-0.39, 0.29) is 24.8 Å². The van der Waals surface area contributed by atoms with Gasteiger partial charge >= 0.3 is 0 Å². The predicted molar refractivity (Wildman–Crippen MR) is 74.3 cm³/mol. The minimum atomic E-state index is 0. The first kappa shape index (κ1) is 15.0. The van der Waals surface area contributed by atoms with Crippen LogP contribution in [0.2, 0.25) is 0 Å². The third-order valence-electron chi connectivity index (χ3n) is 2.30. The van der Waals surface area contributed by atoms with Crippen LogP contribution in [0.3, 0.4) is 0 Å². The van der Waals surface area contributed by atoms with E-state index >= 15 is 0 Å². The highest BCUT2D eigenvalue weighted by Gasteiger charge is 1.95. The van der Waals surface area contributed by atoms with Gasteiger partial charge in [-0.25, -0.2) is 0 Å². The van der Waals surface area contributed by atoms with Crippen LogP contribution in [-0.4, -0.2) is 0 Å². The lowest BCUT2D eigenvalue weighted by Crippen LogP contribution is -1.95. The molecule has 0 bridgehead atoms. The van der Waals surface area contributed by atoms with Gasteiger partial charge in [-0.3, -0.25) is 0 Å².